The smallest absolute Gasteiger partial charge is 0.235 e. The quantitative estimate of drug-likeness (QED) is 0.458. The van der Waals surface area contributed by atoms with E-state index < -0.39 is 21.5 Å². The summed E-state index contributed by atoms with van der Waals surface area (Å²) in [7, 11) is -2.25. The highest BCUT2D eigenvalue weighted by Crippen LogP contribution is 2.32. The minimum atomic E-state index is -3.75. The number of carbonyl (C=O) groups is 1. The summed E-state index contributed by atoms with van der Waals surface area (Å²) in [6, 6.07) is 11.4. The minimum Gasteiger partial charge on any atom is -0.497 e. The molecule has 1 heterocycles. The lowest BCUT2D eigenvalue weighted by Gasteiger charge is -2.18. The summed E-state index contributed by atoms with van der Waals surface area (Å²) < 4.78 is 32.1. The van der Waals surface area contributed by atoms with Crippen molar-refractivity contribution in [3.05, 3.63) is 81.6 Å². The second kappa shape index (κ2) is 10.8. The number of fused-ring (bicyclic) bond motifs is 1. The number of allylic oxidation sites excluding steroid dienone is 1. The number of aryl methyl sites for hydroxylation is 1. The van der Waals surface area contributed by atoms with Gasteiger partial charge in [-0.1, -0.05) is 35.3 Å². The van der Waals surface area contributed by atoms with Gasteiger partial charge < -0.3 is 10.1 Å². The van der Waals surface area contributed by atoms with E-state index in [0.29, 0.717) is 22.3 Å². The lowest BCUT2D eigenvalue weighted by Crippen LogP contribution is -2.30. The van der Waals surface area contributed by atoms with Gasteiger partial charge in [0.1, 0.15) is 11.5 Å². The fourth-order valence-electron chi connectivity index (χ4n) is 4.07. The van der Waals surface area contributed by atoms with Crippen molar-refractivity contribution in [3.8, 4) is 5.75 Å². The molecule has 7 nitrogen and oxygen atoms in total. The summed E-state index contributed by atoms with van der Waals surface area (Å²) in [6.45, 7) is 0.716. The van der Waals surface area contributed by atoms with E-state index in [0.717, 1.165) is 41.7 Å². The maximum Gasteiger partial charge on any atom is 0.235 e. The van der Waals surface area contributed by atoms with Crippen molar-refractivity contribution in [2.75, 3.05) is 19.4 Å². The van der Waals surface area contributed by atoms with Gasteiger partial charge in [-0.25, -0.2) is 8.42 Å². The molecule has 1 aromatic heterocycles. The molecule has 0 spiro atoms. The monoisotopic (exact) mass is 533 g/mol. The number of methoxy groups -OCH3 is 1. The molecule has 0 bridgehead atoms. The summed E-state index contributed by atoms with van der Waals surface area (Å²) in [6.07, 6.45) is 6.54. The van der Waals surface area contributed by atoms with Gasteiger partial charge in [0.05, 0.1) is 30.4 Å². The molecule has 184 valence electrons. The molecule has 0 aliphatic heterocycles. The van der Waals surface area contributed by atoms with E-state index in [1.54, 1.807) is 24.3 Å². The normalized spacial score (nSPS) is 14.5. The number of aromatic nitrogens is 2. The first-order valence-electron chi connectivity index (χ1n) is 11.1. The third-order valence-corrected chi connectivity index (χ3v) is 8.05. The molecule has 0 atom stereocenters. The predicted molar refractivity (Wildman–Crippen MR) is 137 cm³/mol. The number of halogens is 2. The number of nitrogens with zero attached hydrogens (tertiary/aromatic N) is 2. The van der Waals surface area contributed by atoms with Gasteiger partial charge in [0.15, 0.2) is 9.84 Å². The largest absolute Gasteiger partial charge is 0.497 e. The zero-order valence-corrected chi connectivity index (χ0v) is 21.5. The summed E-state index contributed by atoms with van der Waals surface area (Å²) >= 11 is 12.4. The van der Waals surface area contributed by atoms with Crippen LogP contribution < -0.4 is 10.1 Å². The van der Waals surface area contributed by atoms with Crippen LogP contribution in [0.4, 0.5) is 0 Å². The fourth-order valence-corrected chi connectivity index (χ4v) is 5.71. The van der Waals surface area contributed by atoms with Gasteiger partial charge >= 0.3 is 0 Å². The van der Waals surface area contributed by atoms with Gasteiger partial charge in [-0.15, -0.1) is 0 Å². The molecular weight excluding hydrogens is 509 g/mol. The number of ether oxygens (including phenoxy) is 1. The first kappa shape index (κ1) is 25.3. The van der Waals surface area contributed by atoms with Crippen molar-refractivity contribution in [3.63, 3.8) is 0 Å². The van der Waals surface area contributed by atoms with Crippen molar-refractivity contribution in [1.82, 2.24) is 15.1 Å². The number of rotatable bonds is 8. The van der Waals surface area contributed by atoms with Crippen LogP contribution in [0, 0.1) is 0 Å². The second-order valence-corrected chi connectivity index (χ2v) is 11.1. The second-order valence-electron chi connectivity index (χ2n) is 8.23. The van der Waals surface area contributed by atoms with E-state index in [-0.39, 0.29) is 11.4 Å². The van der Waals surface area contributed by atoms with Gasteiger partial charge in [-0.05, 0) is 72.4 Å². The molecule has 0 unspecified atom stereocenters. The van der Waals surface area contributed by atoms with Crippen molar-refractivity contribution in [1.29, 1.82) is 0 Å². The van der Waals surface area contributed by atoms with Gasteiger partial charge in [-0.2, -0.15) is 5.10 Å². The molecule has 0 fully saturated rings. The third kappa shape index (κ3) is 6.07. The molecule has 0 radical (unpaired) electrons. The Morgan fingerprint density at radius 3 is 2.66 bits per heavy atom. The van der Waals surface area contributed by atoms with Crippen molar-refractivity contribution in [2.45, 2.75) is 30.7 Å². The van der Waals surface area contributed by atoms with Crippen LogP contribution in [0.15, 0.2) is 59.6 Å². The summed E-state index contributed by atoms with van der Waals surface area (Å²) in [4.78, 5) is 12.5. The first-order valence-corrected chi connectivity index (χ1v) is 13.5. The Hall–Kier alpha value is -2.81. The van der Waals surface area contributed by atoms with E-state index in [4.69, 9.17) is 27.9 Å². The van der Waals surface area contributed by atoms with Crippen LogP contribution in [0.3, 0.4) is 0 Å². The van der Waals surface area contributed by atoms with Crippen LogP contribution in [0.25, 0.3) is 5.57 Å². The number of hydrogen-bond donors (Lipinski definition) is 1. The molecule has 10 heteroatoms. The molecule has 4 rings (SSSR count). The Morgan fingerprint density at radius 2 is 1.94 bits per heavy atom. The lowest BCUT2D eigenvalue weighted by molar-refractivity contribution is -0.118. The molecule has 1 aliphatic rings. The topological polar surface area (TPSA) is 90.3 Å². The highest BCUT2D eigenvalue weighted by molar-refractivity contribution is 7.92. The minimum absolute atomic E-state index is 0.0773. The molecule has 1 aliphatic carbocycles. The number of carbonyl (C=O) groups excluding carboxylic acids is 1. The fraction of sp³-hybridized carbons (Fsp3) is 0.280. The van der Waals surface area contributed by atoms with Crippen LogP contribution in [0.1, 0.15) is 29.7 Å². The molecule has 3 aromatic rings. The molecule has 35 heavy (non-hydrogen) atoms. The Balaban J connectivity index is 1.43. The van der Waals surface area contributed by atoms with Crippen LogP contribution in [0.5, 0.6) is 5.75 Å². The highest BCUT2D eigenvalue weighted by atomic mass is 35.5. The molecular formula is C25H25Cl2N3O4S. The standard InChI is InChI=1S/C25H25Cl2N3O4S/c1-34-21-7-9-22(10-8-21)35(32,33)16-24(31)28-12-11-17-3-2-4-18-14-29-30(25(17)18)15-19-5-6-20(26)13-23(19)27/h5-11,13-14H,2-4,12,15-16H2,1H3,(H,28,31)/b17-11+. The van der Waals surface area contributed by atoms with Gasteiger partial charge in [0, 0.05) is 16.6 Å². The molecule has 0 saturated carbocycles. The number of amides is 1. The Bertz CT molecular complexity index is 1370. The van der Waals surface area contributed by atoms with E-state index in [2.05, 4.69) is 10.4 Å². The van der Waals surface area contributed by atoms with Crippen LogP contribution in [-0.4, -0.2) is 43.5 Å². The van der Waals surface area contributed by atoms with Gasteiger partial charge in [0.25, 0.3) is 0 Å². The third-order valence-electron chi connectivity index (χ3n) is 5.83. The van der Waals surface area contributed by atoms with Crippen molar-refractivity contribution in [2.24, 2.45) is 0 Å². The average Bonchev–Trinajstić information content (AvgIpc) is 3.24. The number of nitrogens with one attached hydrogen (secondary N) is 1. The van der Waals surface area contributed by atoms with Gasteiger partial charge in [-0.3, -0.25) is 9.48 Å². The number of sulfone groups is 1. The molecule has 2 aromatic carbocycles. The van der Waals surface area contributed by atoms with Crippen LogP contribution >= 0.6 is 23.2 Å². The Kier molecular flexibility index (Phi) is 7.84. The molecule has 0 saturated heterocycles. The summed E-state index contributed by atoms with van der Waals surface area (Å²) in [5.74, 6) is -0.639. The highest BCUT2D eigenvalue weighted by Gasteiger charge is 2.21. The number of hydrogen-bond acceptors (Lipinski definition) is 5. The van der Waals surface area contributed by atoms with Crippen molar-refractivity contribution < 1.29 is 17.9 Å². The Labute approximate surface area is 214 Å². The van der Waals surface area contributed by atoms with E-state index in [1.807, 2.05) is 23.0 Å². The van der Waals surface area contributed by atoms with Crippen LogP contribution in [-0.2, 0) is 27.6 Å². The maximum absolute atomic E-state index is 12.6. The van der Waals surface area contributed by atoms with E-state index in [9.17, 15) is 13.2 Å². The summed E-state index contributed by atoms with van der Waals surface area (Å²) in [5, 5.41) is 8.41. The molecule has 1 amide bonds. The van der Waals surface area contributed by atoms with Gasteiger partial charge in [0.2, 0.25) is 5.91 Å². The first-order chi connectivity index (χ1) is 16.8. The maximum atomic E-state index is 12.6. The SMILES string of the molecule is COc1ccc(S(=O)(=O)CC(=O)NC/C=C2\CCCc3cnn(Cc4ccc(Cl)cc4Cl)c32)cc1. The Morgan fingerprint density at radius 1 is 1.17 bits per heavy atom. The zero-order valence-electron chi connectivity index (χ0n) is 19.1. The predicted octanol–water partition coefficient (Wildman–Crippen LogP) is 4.56. The van der Waals surface area contributed by atoms with E-state index >= 15 is 0 Å². The summed E-state index contributed by atoms with van der Waals surface area (Å²) in [5.41, 5.74) is 4.12. The van der Waals surface area contributed by atoms with Crippen LogP contribution in [0.2, 0.25) is 10.0 Å². The lowest BCUT2D eigenvalue weighted by atomic mass is 9.92. The van der Waals surface area contributed by atoms with Crippen molar-refractivity contribution >= 4 is 44.5 Å². The molecule has 1 N–H and O–H groups in total. The van der Waals surface area contributed by atoms with E-state index in [1.165, 1.54) is 19.2 Å². The average molecular weight is 534 g/mol. The number of benzene rings is 2. The zero-order chi connectivity index (χ0) is 25.0.